The molecular weight excluding hydrogens is 376 g/mol. The number of nitrogens with one attached hydrogen (secondary N) is 1. The maximum atomic E-state index is 13.6. The molecule has 1 atom stereocenters. The Hall–Kier alpha value is -3.15. The Balaban J connectivity index is 1.48. The molecule has 1 N–H and O–H groups in total. The van der Waals surface area contributed by atoms with Crippen LogP contribution in [0.4, 0.5) is 11.6 Å². The van der Waals surface area contributed by atoms with Gasteiger partial charge in [0.05, 0.1) is 17.5 Å². The average Bonchev–Trinajstić information content (AvgIpc) is 3.09. The number of imidazole rings is 1. The van der Waals surface area contributed by atoms with E-state index in [1.165, 1.54) is 12.8 Å². The molecule has 6 nitrogen and oxygen atoms in total. The largest absolute Gasteiger partial charge is 0.326 e. The van der Waals surface area contributed by atoms with Crippen LogP contribution in [0.5, 0.6) is 0 Å². The molecule has 0 spiro atoms. The van der Waals surface area contributed by atoms with Crippen LogP contribution >= 0.6 is 0 Å². The fraction of sp³-hybridized carbons (Fsp3) is 0.375. The summed E-state index contributed by atoms with van der Waals surface area (Å²) >= 11 is 0. The molecule has 6 heteroatoms. The van der Waals surface area contributed by atoms with Gasteiger partial charge in [0, 0.05) is 11.7 Å². The summed E-state index contributed by atoms with van der Waals surface area (Å²) in [6, 6.07) is 16.8. The van der Waals surface area contributed by atoms with Crippen LogP contribution in [0.15, 0.2) is 54.6 Å². The van der Waals surface area contributed by atoms with E-state index in [0.717, 1.165) is 42.4 Å². The maximum Gasteiger partial charge on any atom is 0.253 e. The van der Waals surface area contributed by atoms with E-state index in [-0.39, 0.29) is 24.3 Å². The van der Waals surface area contributed by atoms with Gasteiger partial charge in [0.25, 0.3) is 5.91 Å². The summed E-state index contributed by atoms with van der Waals surface area (Å²) in [5, 5.41) is 2.92. The van der Waals surface area contributed by atoms with E-state index in [2.05, 4.69) is 5.32 Å². The summed E-state index contributed by atoms with van der Waals surface area (Å²) in [5.74, 6) is 0.537. The zero-order valence-corrected chi connectivity index (χ0v) is 17.0. The van der Waals surface area contributed by atoms with E-state index in [1.54, 1.807) is 0 Å². The van der Waals surface area contributed by atoms with Gasteiger partial charge in [-0.15, -0.1) is 0 Å². The van der Waals surface area contributed by atoms with Crippen molar-refractivity contribution in [1.29, 1.82) is 0 Å². The highest BCUT2D eigenvalue weighted by Crippen LogP contribution is 2.39. The molecule has 0 bridgehead atoms. The van der Waals surface area contributed by atoms with Crippen LogP contribution in [0.3, 0.4) is 0 Å². The summed E-state index contributed by atoms with van der Waals surface area (Å²) in [6.45, 7) is 0. The predicted molar refractivity (Wildman–Crippen MR) is 117 cm³/mol. The highest BCUT2D eigenvalue weighted by Gasteiger charge is 2.43. The molecular formula is C24H26N4O2. The predicted octanol–water partition coefficient (Wildman–Crippen LogP) is 4.68. The summed E-state index contributed by atoms with van der Waals surface area (Å²) in [4.78, 5) is 33.1. The van der Waals surface area contributed by atoms with Gasteiger partial charge in [0.2, 0.25) is 11.9 Å². The standard InChI is InChI=1S/C24H26N4O2/c29-22(25-17-10-4-3-5-11-17)16-21-23(30)27(18-12-6-1-2-7-13-18)24-26-19-14-8-9-15-20(19)28(21)24/h3-5,8-11,14-15,18,21H,1-2,6-7,12-13,16H2,(H,25,29). The van der Waals surface area contributed by atoms with Gasteiger partial charge in [-0.3, -0.25) is 19.1 Å². The quantitative estimate of drug-likeness (QED) is 0.645. The van der Waals surface area contributed by atoms with Crippen molar-refractivity contribution >= 4 is 34.5 Å². The third-order valence-electron chi connectivity index (χ3n) is 6.25. The van der Waals surface area contributed by atoms with Gasteiger partial charge in [0.1, 0.15) is 6.04 Å². The summed E-state index contributed by atoms with van der Waals surface area (Å²) in [5.41, 5.74) is 2.52. The highest BCUT2D eigenvalue weighted by atomic mass is 16.2. The number of carbonyl (C=O) groups is 2. The monoisotopic (exact) mass is 402 g/mol. The Kier molecular flexibility index (Phi) is 4.99. The third-order valence-corrected chi connectivity index (χ3v) is 6.25. The summed E-state index contributed by atoms with van der Waals surface area (Å²) in [7, 11) is 0. The fourth-order valence-electron chi connectivity index (χ4n) is 4.83. The van der Waals surface area contributed by atoms with Crippen molar-refractivity contribution in [3.63, 3.8) is 0 Å². The number of nitrogens with zero attached hydrogens (tertiary/aromatic N) is 3. The van der Waals surface area contributed by atoms with Gasteiger partial charge in [-0.05, 0) is 37.1 Å². The smallest absolute Gasteiger partial charge is 0.253 e. The zero-order valence-electron chi connectivity index (χ0n) is 17.0. The van der Waals surface area contributed by atoms with E-state index >= 15 is 0 Å². The molecule has 1 unspecified atom stereocenters. The van der Waals surface area contributed by atoms with Gasteiger partial charge >= 0.3 is 0 Å². The number of hydrogen-bond donors (Lipinski definition) is 1. The van der Waals surface area contributed by atoms with E-state index in [4.69, 9.17) is 4.98 Å². The SMILES string of the molecule is O=C(CC1C(=O)N(C2CCCCCC2)c2nc3ccccc3n21)Nc1ccccc1. The maximum absolute atomic E-state index is 13.6. The second-order valence-electron chi connectivity index (χ2n) is 8.26. The lowest BCUT2D eigenvalue weighted by atomic mass is 10.1. The van der Waals surface area contributed by atoms with Crippen molar-refractivity contribution in [3.05, 3.63) is 54.6 Å². The molecule has 1 aliphatic carbocycles. The van der Waals surface area contributed by atoms with Crippen molar-refractivity contribution < 1.29 is 9.59 Å². The minimum atomic E-state index is -0.556. The first-order valence-electron chi connectivity index (χ1n) is 10.9. The molecule has 0 radical (unpaired) electrons. The molecule has 1 saturated carbocycles. The molecule has 2 amide bonds. The number of aromatic nitrogens is 2. The first-order chi connectivity index (χ1) is 14.7. The lowest BCUT2D eigenvalue weighted by Gasteiger charge is -2.25. The molecule has 1 aromatic heterocycles. The Labute approximate surface area is 175 Å². The molecule has 0 saturated heterocycles. The van der Waals surface area contributed by atoms with Crippen molar-refractivity contribution in [1.82, 2.24) is 9.55 Å². The zero-order chi connectivity index (χ0) is 20.5. The summed E-state index contributed by atoms with van der Waals surface area (Å²) < 4.78 is 1.98. The third kappa shape index (κ3) is 3.36. The van der Waals surface area contributed by atoms with Crippen molar-refractivity contribution in [3.8, 4) is 0 Å². The number of carbonyl (C=O) groups excluding carboxylic acids is 2. The minimum absolute atomic E-state index is 0.00151. The number of amides is 2. The van der Waals surface area contributed by atoms with Crippen LogP contribution in [-0.4, -0.2) is 27.4 Å². The average molecular weight is 402 g/mol. The van der Waals surface area contributed by atoms with Crippen LogP contribution in [-0.2, 0) is 9.59 Å². The molecule has 2 aliphatic rings. The Morgan fingerprint density at radius 2 is 1.67 bits per heavy atom. The van der Waals surface area contributed by atoms with Crippen LogP contribution in [0.1, 0.15) is 51.0 Å². The van der Waals surface area contributed by atoms with Crippen molar-refractivity contribution in [2.75, 3.05) is 10.2 Å². The van der Waals surface area contributed by atoms with E-state index in [9.17, 15) is 9.59 Å². The first-order valence-corrected chi connectivity index (χ1v) is 10.9. The normalized spacial score (nSPS) is 19.7. The molecule has 2 heterocycles. The first kappa shape index (κ1) is 18.9. The molecule has 5 rings (SSSR count). The fourth-order valence-corrected chi connectivity index (χ4v) is 4.83. The number of benzene rings is 2. The molecule has 3 aromatic rings. The number of hydrogen-bond acceptors (Lipinski definition) is 3. The topological polar surface area (TPSA) is 67.2 Å². The Morgan fingerprint density at radius 3 is 2.43 bits per heavy atom. The number of anilines is 2. The van der Waals surface area contributed by atoms with Gasteiger partial charge < -0.3 is 5.32 Å². The van der Waals surface area contributed by atoms with Gasteiger partial charge in [-0.1, -0.05) is 56.0 Å². The van der Waals surface area contributed by atoms with Crippen LogP contribution in [0.25, 0.3) is 11.0 Å². The second-order valence-corrected chi connectivity index (χ2v) is 8.26. The molecule has 154 valence electrons. The molecule has 2 aromatic carbocycles. The van der Waals surface area contributed by atoms with Gasteiger partial charge in [0.15, 0.2) is 0 Å². The Bertz CT molecular complexity index is 1070. The lowest BCUT2D eigenvalue weighted by molar-refractivity contribution is -0.125. The number of fused-ring (bicyclic) bond motifs is 3. The molecule has 30 heavy (non-hydrogen) atoms. The molecule has 1 fully saturated rings. The number of para-hydroxylation sites is 3. The van der Waals surface area contributed by atoms with E-state index in [1.807, 2.05) is 64.1 Å². The number of rotatable bonds is 4. The summed E-state index contributed by atoms with van der Waals surface area (Å²) in [6.07, 6.45) is 6.80. The van der Waals surface area contributed by atoms with E-state index < -0.39 is 6.04 Å². The van der Waals surface area contributed by atoms with Gasteiger partial charge in [-0.25, -0.2) is 4.98 Å². The Morgan fingerprint density at radius 1 is 0.967 bits per heavy atom. The van der Waals surface area contributed by atoms with E-state index in [0.29, 0.717) is 5.95 Å². The van der Waals surface area contributed by atoms with Crippen LogP contribution < -0.4 is 10.2 Å². The van der Waals surface area contributed by atoms with Crippen LogP contribution in [0, 0.1) is 0 Å². The van der Waals surface area contributed by atoms with Crippen molar-refractivity contribution in [2.45, 2.75) is 57.0 Å². The van der Waals surface area contributed by atoms with Crippen molar-refractivity contribution in [2.24, 2.45) is 0 Å². The lowest BCUT2D eigenvalue weighted by Crippen LogP contribution is -2.39. The van der Waals surface area contributed by atoms with Crippen LogP contribution in [0.2, 0.25) is 0 Å². The molecule has 1 aliphatic heterocycles. The minimum Gasteiger partial charge on any atom is -0.326 e. The van der Waals surface area contributed by atoms with Gasteiger partial charge in [-0.2, -0.15) is 0 Å². The highest BCUT2D eigenvalue weighted by molar-refractivity contribution is 6.05. The second kappa shape index (κ2) is 7.94.